The Morgan fingerprint density at radius 3 is 3.00 bits per heavy atom. The van der Waals surface area contributed by atoms with E-state index in [1.807, 2.05) is 0 Å². The van der Waals surface area contributed by atoms with Gasteiger partial charge in [0.1, 0.15) is 12.5 Å². The van der Waals surface area contributed by atoms with Crippen LogP contribution in [0.4, 0.5) is 0 Å². The summed E-state index contributed by atoms with van der Waals surface area (Å²) < 4.78 is 9.61. The smallest absolute Gasteiger partial charge is 0.317 e. The molecular formula is C7H11NO3. The summed E-state index contributed by atoms with van der Waals surface area (Å²) in [5.41, 5.74) is 0. The molecule has 1 heterocycles. The lowest BCUT2D eigenvalue weighted by atomic mass is 10.2. The highest BCUT2D eigenvalue weighted by Crippen LogP contribution is 2.07. The van der Waals surface area contributed by atoms with Gasteiger partial charge in [-0.3, -0.25) is 9.79 Å². The van der Waals surface area contributed by atoms with Gasteiger partial charge in [0.05, 0.1) is 13.7 Å². The van der Waals surface area contributed by atoms with Gasteiger partial charge in [-0.25, -0.2) is 0 Å². The Balaban J connectivity index is 2.52. The van der Waals surface area contributed by atoms with Crippen molar-refractivity contribution in [2.24, 2.45) is 10.9 Å². The summed E-state index contributed by atoms with van der Waals surface area (Å²) in [7, 11) is 1.36. The molecule has 0 aromatic heterocycles. The zero-order valence-electron chi connectivity index (χ0n) is 6.66. The zero-order valence-corrected chi connectivity index (χ0v) is 6.66. The third-order valence-corrected chi connectivity index (χ3v) is 1.53. The summed E-state index contributed by atoms with van der Waals surface area (Å²) >= 11 is 0. The number of carbonyl (C=O) groups is 1. The number of hydrogen-bond donors (Lipinski definition) is 0. The molecule has 0 radical (unpaired) electrons. The minimum absolute atomic E-state index is 0.300. The van der Waals surface area contributed by atoms with Gasteiger partial charge in [-0.2, -0.15) is 0 Å². The number of rotatable bonds is 2. The topological polar surface area (TPSA) is 47.9 Å². The molecule has 1 rings (SSSR count). The van der Waals surface area contributed by atoms with Crippen molar-refractivity contribution in [2.45, 2.75) is 6.92 Å². The average molecular weight is 157 g/mol. The van der Waals surface area contributed by atoms with Crippen molar-refractivity contribution < 1.29 is 14.3 Å². The molecule has 4 nitrogen and oxygen atoms in total. The molecule has 0 spiro atoms. The number of carbonyl (C=O) groups excluding carboxylic acids is 1. The van der Waals surface area contributed by atoms with Crippen LogP contribution >= 0.6 is 0 Å². The standard InChI is InChI=1S/C7H11NO3/c1-5(7(9)10-2)6-8-3-4-11-6/h5H,3-4H2,1-2H3. The van der Waals surface area contributed by atoms with Crippen molar-refractivity contribution in [3.8, 4) is 0 Å². The van der Waals surface area contributed by atoms with E-state index >= 15 is 0 Å². The predicted molar refractivity (Wildman–Crippen MR) is 39.4 cm³/mol. The van der Waals surface area contributed by atoms with Crippen LogP contribution in [0.2, 0.25) is 0 Å². The molecule has 0 saturated heterocycles. The highest BCUT2D eigenvalue weighted by molar-refractivity contribution is 5.97. The van der Waals surface area contributed by atoms with Gasteiger partial charge in [0.25, 0.3) is 0 Å². The van der Waals surface area contributed by atoms with Gasteiger partial charge in [0.2, 0.25) is 0 Å². The van der Waals surface area contributed by atoms with Gasteiger partial charge < -0.3 is 9.47 Å². The maximum absolute atomic E-state index is 10.9. The monoisotopic (exact) mass is 157 g/mol. The van der Waals surface area contributed by atoms with E-state index in [1.165, 1.54) is 7.11 Å². The molecule has 0 amide bonds. The summed E-state index contributed by atoms with van der Waals surface area (Å²) in [4.78, 5) is 14.9. The van der Waals surface area contributed by atoms with Crippen LogP contribution in [0, 0.1) is 5.92 Å². The quantitative estimate of drug-likeness (QED) is 0.539. The Labute approximate surface area is 65.2 Å². The summed E-state index contributed by atoms with van der Waals surface area (Å²) in [6, 6.07) is 0. The fourth-order valence-electron chi connectivity index (χ4n) is 0.891. The van der Waals surface area contributed by atoms with Crippen LogP contribution in [0.5, 0.6) is 0 Å². The first-order chi connectivity index (χ1) is 5.25. The van der Waals surface area contributed by atoms with Gasteiger partial charge >= 0.3 is 5.97 Å². The van der Waals surface area contributed by atoms with Crippen molar-refractivity contribution in [1.29, 1.82) is 0 Å². The molecule has 1 unspecified atom stereocenters. The summed E-state index contributed by atoms with van der Waals surface area (Å²) in [6.45, 7) is 2.95. The third kappa shape index (κ3) is 1.69. The minimum Gasteiger partial charge on any atom is -0.478 e. The number of aliphatic imine (C=N–C) groups is 1. The lowest BCUT2D eigenvalue weighted by molar-refractivity contribution is -0.142. The van der Waals surface area contributed by atoms with E-state index in [0.29, 0.717) is 19.0 Å². The van der Waals surface area contributed by atoms with Crippen molar-refractivity contribution >= 4 is 11.9 Å². The van der Waals surface area contributed by atoms with Gasteiger partial charge in [0.15, 0.2) is 5.90 Å². The maximum atomic E-state index is 10.9. The van der Waals surface area contributed by atoms with E-state index in [2.05, 4.69) is 9.73 Å². The van der Waals surface area contributed by atoms with E-state index in [9.17, 15) is 4.79 Å². The van der Waals surface area contributed by atoms with E-state index < -0.39 is 0 Å². The van der Waals surface area contributed by atoms with E-state index in [-0.39, 0.29) is 11.9 Å². The number of nitrogens with zero attached hydrogens (tertiary/aromatic N) is 1. The van der Waals surface area contributed by atoms with Crippen molar-refractivity contribution in [2.75, 3.05) is 20.3 Å². The second-order valence-corrected chi connectivity index (χ2v) is 2.31. The molecule has 4 heteroatoms. The second kappa shape index (κ2) is 3.37. The van der Waals surface area contributed by atoms with Gasteiger partial charge in [-0.15, -0.1) is 0 Å². The lowest BCUT2D eigenvalue weighted by Crippen LogP contribution is -2.22. The molecule has 0 aliphatic carbocycles. The molecular weight excluding hydrogens is 146 g/mol. The zero-order chi connectivity index (χ0) is 8.27. The second-order valence-electron chi connectivity index (χ2n) is 2.31. The first-order valence-corrected chi connectivity index (χ1v) is 3.50. The highest BCUT2D eigenvalue weighted by Gasteiger charge is 2.23. The molecule has 0 bridgehead atoms. The van der Waals surface area contributed by atoms with Crippen LogP contribution in [0.25, 0.3) is 0 Å². The SMILES string of the molecule is COC(=O)C(C)C1=NCCO1. The Hall–Kier alpha value is -1.06. The molecule has 1 aliphatic heterocycles. The normalized spacial score (nSPS) is 18.5. The summed E-state index contributed by atoms with van der Waals surface area (Å²) in [5.74, 6) is -0.162. The number of hydrogen-bond acceptors (Lipinski definition) is 4. The van der Waals surface area contributed by atoms with Crippen LogP contribution < -0.4 is 0 Å². The molecule has 1 aliphatic rings. The van der Waals surface area contributed by atoms with Crippen LogP contribution in [0.15, 0.2) is 4.99 Å². The number of ether oxygens (including phenoxy) is 2. The first-order valence-electron chi connectivity index (χ1n) is 3.50. The van der Waals surface area contributed by atoms with Crippen LogP contribution in [0.3, 0.4) is 0 Å². The van der Waals surface area contributed by atoms with E-state index in [0.717, 1.165) is 0 Å². The molecule has 0 aromatic carbocycles. The predicted octanol–water partition coefficient (Wildman–Crippen LogP) is 0.224. The summed E-state index contributed by atoms with van der Waals surface area (Å²) in [5, 5.41) is 0. The van der Waals surface area contributed by atoms with Crippen LogP contribution in [-0.4, -0.2) is 32.1 Å². The van der Waals surface area contributed by atoms with Crippen molar-refractivity contribution in [3.63, 3.8) is 0 Å². The van der Waals surface area contributed by atoms with Crippen LogP contribution in [0.1, 0.15) is 6.92 Å². The van der Waals surface area contributed by atoms with Gasteiger partial charge in [-0.1, -0.05) is 0 Å². The first kappa shape index (κ1) is 8.04. The molecule has 1 atom stereocenters. The Morgan fingerprint density at radius 1 is 1.82 bits per heavy atom. The maximum Gasteiger partial charge on any atom is 0.317 e. The minimum atomic E-state index is -0.359. The van der Waals surface area contributed by atoms with Gasteiger partial charge in [-0.05, 0) is 6.92 Å². The fraction of sp³-hybridized carbons (Fsp3) is 0.714. The Kier molecular flexibility index (Phi) is 2.46. The Bertz CT molecular complexity index is 188. The van der Waals surface area contributed by atoms with Crippen LogP contribution in [-0.2, 0) is 14.3 Å². The van der Waals surface area contributed by atoms with Crippen molar-refractivity contribution in [1.82, 2.24) is 0 Å². The molecule has 62 valence electrons. The molecule has 0 N–H and O–H groups in total. The number of methoxy groups -OCH3 is 1. The molecule has 0 aromatic rings. The average Bonchev–Trinajstić information content (AvgIpc) is 2.53. The molecule has 11 heavy (non-hydrogen) atoms. The molecule has 0 saturated carbocycles. The number of esters is 1. The van der Waals surface area contributed by atoms with E-state index in [4.69, 9.17) is 4.74 Å². The highest BCUT2D eigenvalue weighted by atomic mass is 16.5. The largest absolute Gasteiger partial charge is 0.478 e. The summed E-state index contributed by atoms with van der Waals surface area (Å²) in [6.07, 6.45) is 0. The van der Waals surface area contributed by atoms with Crippen molar-refractivity contribution in [3.05, 3.63) is 0 Å². The Morgan fingerprint density at radius 2 is 2.55 bits per heavy atom. The van der Waals surface area contributed by atoms with Gasteiger partial charge in [0, 0.05) is 0 Å². The van der Waals surface area contributed by atoms with E-state index in [1.54, 1.807) is 6.92 Å². The fourth-order valence-corrected chi connectivity index (χ4v) is 0.891. The lowest BCUT2D eigenvalue weighted by Gasteiger charge is -2.07. The third-order valence-electron chi connectivity index (χ3n) is 1.53. The molecule has 0 fully saturated rings.